The molecule has 0 spiro atoms. The Morgan fingerprint density at radius 3 is 2.50 bits per heavy atom. The number of hydrogen-bond donors (Lipinski definition) is 1. The Bertz CT molecular complexity index is 941. The van der Waals surface area contributed by atoms with Crippen molar-refractivity contribution in [3.8, 4) is 11.3 Å². The third-order valence-corrected chi connectivity index (χ3v) is 4.10. The van der Waals surface area contributed by atoms with E-state index in [1.807, 2.05) is 6.07 Å². The molecule has 0 aliphatic heterocycles. The number of fused-ring (bicyclic) bond motifs is 1. The van der Waals surface area contributed by atoms with E-state index < -0.39 is 24.8 Å². The maximum atomic E-state index is 13.2. The summed E-state index contributed by atoms with van der Waals surface area (Å²) in [5.74, 6) is -0.171. The Balaban J connectivity index is 2.18. The van der Waals surface area contributed by atoms with Crippen LogP contribution in [-0.4, -0.2) is 31.8 Å². The lowest BCUT2D eigenvalue weighted by molar-refractivity contribution is 0.0381. The van der Waals surface area contributed by atoms with Crippen molar-refractivity contribution >= 4 is 27.5 Å². The van der Waals surface area contributed by atoms with Gasteiger partial charge in [0, 0.05) is 5.56 Å². The monoisotopic (exact) mass is 401 g/mol. The maximum absolute atomic E-state index is 13.2. The van der Waals surface area contributed by atoms with Crippen LogP contribution in [0.4, 0.5) is 19.1 Å². The molecular formula is C14H11BrF3N5O. The van der Waals surface area contributed by atoms with Gasteiger partial charge in [-0.2, -0.15) is 0 Å². The van der Waals surface area contributed by atoms with E-state index in [0.717, 1.165) is 9.96 Å². The van der Waals surface area contributed by atoms with Crippen LogP contribution in [0.25, 0.3) is 16.9 Å². The van der Waals surface area contributed by atoms with Crippen LogP contribution in [-0.2, 0) is 6.54 Å². The normalized spacial score (nSPS) is 12.9. The minimum absolute atomic E-state index is 0.0767. The molecule has 1 aromatic carbocycles. The van der Waals surface area contributed by atoms with Gasteiger partial charge in [-0.25, -0.2) is 32.0 Å². The Labute approximate surface area is 141 Å². The van der Waals surface area contributed by atoms with Crippen LogP contribution in [0.3, 0.4) is 0 Å². The molecule has 126 valence electrons. The van der Waals surface area contributed by atoms with E-state index in [-0.39, 0.29) is 11.6 Å². The average Bonchev–Trinajstić information content (AvgIpc) is 2.89. The van der Waals surface area contributed by atoms with Crippen molar-refractivity contribution in [3.63, 3.8) is 0 Å². The molecule has 0 aliphatic carbocycles. The molecule has 1 unspecified atom stereocenters. The molecule has 6 nitrogen and oxygen atoms in total. The van der Waals surface area contributed by atoms with Crippen molar-refractivity contribution in [1.82, 2.24) is 19.2 Å². The first-order chi connectivity index (χ1) is 11.4. The number of nitrogens with two attached hydrogens (primary N) is 1. The molecule has 0 fully saturated rings. The summed E-state index contributed by atoms with van der Waals surface area (Å²) in [6, 6.07) is 8.99. The van der Waals surface area contributed by atoms with Crippen LogP contribution in [0.1, 0.15) is 0 Å². The van der Waals surface area contributed by atoms with Crippen molar-refractivity contribution in [2.24, 2.45) is 0 Å². The molecule has 2 aromatic heterocycles. The highest BCUT2D eigenvalue weighted by molar-refractivity contribution is 9.10. The number of anilines is 1. The van der Waals surface area contributed by atoms with Crippen LogP contribution in [0.5, 0.6) is 0 Å². The second-order valence-electron chi connectivity index (χ2n) is 4.97. The van der Waals surface area contributed by atoms with Gasteiger partial charge >= 0.3 is 5.69 Å². The smallest absolute Gasteiger partial charge is 0.353 e. The number of halogens is 4. The Hall–Kier alpha value is -2.36. The second kappa shape index (κ2) is 6.27. The van der Waals surface area contributed by atoms with Crippen molar-refractivity contribution in [2.45, 2.75) is 19.1 Å². The van der Waals surface area contributed by atoms with Crippen LogP contribution >= 0.6 is 15.9 Å². The average molecular weight is 402 g/mol. The van der Waals surface area contributed by atoms with Crippen LogP contribution in [0.2, 0.25) is 0 Å². The number of aromatic nitrogens is 4. The van der Waals surface area contributed by atoms with Gasteiger partial charge in [-0.3, -0.25) is 0 Å². The fourth-order valence-corrected chi connectivity index (χ4v) is 2.80. The van der Waals surface area contributed by atoms with E-state index in [0.29, 0.717) is 14.8 Å². The largest absolute Gasteiger partial charge is 0.369 e. The van der Waals surface area contributed by atoms with Gasteiger partial charge in [-0.1, -0.05) is 30.3 Å². The molecule has 24 heavy (non-hydrogen) atoms. The van der Waals surface area contributed by atoms with Crippen LogP contribution < -0.4 is 11.4 Å². The Morgan fingerprint density at radius 1 is 1.21 bits per heavy atom. The van der Waals surface area contributed by atoms with Gasteiger partial charge < -0.3 is 5.73 Å². The topological polar surface area (TPSA) is 78.2 Å². The van der Waals surface area contributed by atoms with Crippen LogP contribution in [0.15, 0.2) is 39.6 Å². The zero-order valence-electron chi connectivity index (χ0n) is 12.0. The molecule has 0 radical (unpaired) electrons. The van der Waals surface area contributed by atoms with Gasteiger partial charge in [0.2, 0.25) is 5.95 Å². The van der Waals surface area contributed by atoms with E-state index in [9.17, 15) is 18.0 Å². The van der Waals surface area contributed by atoms with Crippen molar-refractivity contribution in [2.75, 3.05) is 5.73 Å². The summed E-state index contributed by atoms with van der Waals surface area (Å²) in [6.45, 7) is -0.870. The third kappa shape index (κ3) is 2.77. The van der Waals surface area contributed by atoms with E-state index >= 15 is 0 Å². The van der Waals surface area contributed by atoms with Gasteiger partial charge in [0.25, 0.3) is 6.43 Å². The first-order valence-corrected chi connectivity index (χ1v) is 7.61. The molecule has 2 N–H and O–H groups in total. The van der Waals surface area contributed by atoms with E-state index in [1.165, 1.54) is 0 Å². The fraction of sp³-hybridized carbons (Fsp3) is 0.214. The van der Waals surface area contributed by atoms with E-state index in [1.54, 1.807) is 24.3 Å². The molecule has 0 bridgehead atoms. The van der Waals surface area contributed by atoms with Crippen molar-refractivity contribution < 1.29 is 13.2 Å². The highest BCUT2D eigenvalue weighted by Crippen LogP contribution is 2.29. The number of nitrogen functional groups attached to an aromatic ring is 1. The number of hydrogen-bond acceptors (Lipinski definition) is 4. The molecule has 1 atom stereocenters. The van der Waals surface area contributed by atoms with Crippen molar-refractivity contribution in [3.05, 3.63) is 45.3 Å². The maximum Gasteiger partial charge on any atom is 0.353 e. The Kier molecular flexibility index (Phi) is 4.31. The molecule has 3 aromatic rings. The lowest BCUT2D eigenvalue weighted by atomic mass is 10.1. The summed E-state index contributed by atoms with van der Waals surface area (Å²) in [4.78, 5) is 16.4. The highest BCUT2D eigenvalue weighted by atomic mass is 79.9. The lowest BCUT2D eigenvalue weighted by Gasteiger charge is -2.06. The van der Waals surface area contributed by atoms with Gasteiger partial charge in [0.15, 0.2) is 11.8 Å². The summed E-state index contributed by atoms with van der Waals surface area (Å²) >= 11 is 3.30. The predicted octanol–water partition coefficient (Wildman–Crippen LogP) is 2.51. The molecule has 3 rings (SSSR count). The summed E-state index contributed by atoms with van der Waals surface area (Å²) in [5.41, 5.74) is 6.20. The van der Waals surface area contributed by atoms with Crippen molar-refractivity contribution in [1.29, 1.82) is 0 Å². The second-order valence-corrected chi connectivity index (χ2v) is 5.77. The van der Waals surface area contributed by atoms with E-state index in [4.69, 9.17) is 5.73 Å². The molecular weight excluding hydrogens is 391 g/mol. The molecule has 0 aliphatic rings. The molecule has 0 saturated heterocycles. The number of benzene rings is 1. The summed E-state index contributed by atoms with van der Waals surface area (Å²) in [7, 11) is 0. The van der Waals surface area contributed by atoms with Crippen LogP contribution in [0, 0.1) is 0 Å². The first-order valence-electron chi connectivity index (χ1n) is 6.82. The van der Waals surface area contributed by atoms with Gasteiger partial charge in [0.05, 0.1) is 16.7 Å². The molecule has 10 heteroatoms. The lowest BCUT2D eigenvalue weighted by Crippen LogP contribution is -2.29. The predicted molar refractivity (Wildman–Crippen MR) is 85.7 cm³/mol. The highest BCUT2D eigenvalue weighted by Gasteiger charge is 2.24. The summed E-state index contributed by atoms with van der Waals surface area (Å²) < 4.78 is 39.9. The Morgan fingerprint density at radius 2 is 1.88 bits per heavy atom. The zero-order valence-corrected chi connectivity index (χ0v) is 13.6. The third-order valence-electron chi connectivity index (χ3n) is 3.37. The van der Waals surface area contributed by atoms with Gasteiger partial charge in [0.1, 0.15) is 0 Å². The standard InChI is InChI=1S/C14H11BrF3N5O/c15-9-10(7-4-2-1-3-5-7)20-13(19)23-12(9)21-22(14(23)24)6-8(16)11(17)18/h1-5,8,11H,6H2,(H2,19,20). The molecule has 2 heterocycles. The van der Waals surface area contributed by atoms with E-state index in [2.05, 4.69) is 26.0 Å². The molecule has 0 amide bonds. The number of rotatable bonds is 4. The minimum atomic E-state index is -3.21. The summed E-state index contributed by atoms with van der Waals surface area (Å²) in [6.07, 6.45) is -5.71. The minimum Gasteiger partial charge on any atom is -0.369 e. The number of nitrogens with zero attached hydrogens (tertiary/aromatic N) is 4. The van der Waals surface area contributed by atoms with Gasteiger partial charge in [-0.15, -0.1) is 5.10 Å². The zero-order chi connectivity index (χ0) is 17.4. The SMILES string of the molecule is Nc1nc(-c2ccccc2)c(Br)c2nn(CC(F)C(F)F)c(=O)n12. The molecule has 0 saturated carbocycles. The summed E-state index contributed by atoms with van der Waals surface area (Å²) in [5, 5.41) is 3.91. The number of alkyl halides is 3. The first kappa shape index (κ1) is 16.5. The van der Waals surface area contributed by atoms with Gasteiger partial charge in [-0.05, 0) is 15.9 Å². The fourth-order valence-electron chi connectivity index (χ4n) is 2.23. The quantitative estimate of drug-likeness (QED) is 0.728.